The highest BCUT2D eigenvalue weighted by atomic mass is 32.2. The van der Waals surface area contributed by atoms with Gasteiger partial charge in [0.2, 0.25) is 10.0 Å². The van der Waals surface area contributed by atoms with Crippen LogP contribution in [0.1, 0.15) is 23.2 Å². The number of amides is 1. The molecule has 0 saturated carbocycles. The molecule has 3 rings (SSSR count). The number of carbonyl (C=O) groups is 1. The van der Waals surface area contributed by atoms with E-state index < -0.39 is 20.9 Å². The number of aromatic hydroxyl groups is 2. The van der Waals surface area contributed by atoms with Gasteiger partial charge in [-0.1, -0.05) is 0 Å². The molecule has 29 heavy (non-hydrogen) atoms. The first kappa shape index (κ1) is 20.6. The number of nitro benzene ring substituents is 1. The van der Waals surface area contributed by atoms with E-state index in [4.69, 9.17) is 0 Å². The van der Waals surface area contributed by atoms with Crippen LogP contribution >= 0.6 is 0 Å². The summed E-state index contributed by atoms with van der Waals surface area (Å²) in [5.74, 6) is -0.953. The SMILES string of the molecule is O=C(NC1CCN(S(=O)(=O)c2ccc([N+](=O)[O-])cc2)CC1)c1cc(O)cc(O)c1. The molecule has 0 aromatic heterocycles. The fraction of sp³-hybridized carbons (Fsp3) is 0.278. The maximum Gasteiger partial charge on any atom is 0.269 e. The van der Waals surface area contributed by atoms with E-state index in [0.29, 0.717) is 12.8 Å². The summed E-state index contributed by atoms with van der Waals surface area (Å²) in [6.07, 6.45) is 0.755. The van der Waals surface area contributed by atoms with Gasteiger partial charge in [-0.2, -0.15) is 4.31 Å². The number of piperidine rings is 1. The van der Waals surface area contributed by atoms with Crippen LogP contribution in [0.25, 0.3) is 0 Å². The van der Waals surface area contributed by atoms with Crippen LogP contribution in [0, 0.1) is 10.1 Å². The van der Waals surface area contributed by atoms with Crippen molar-refractivity contribution >= 4 is 21.6 Å². The molecule has 10 nitrogen and oxygen atoms in total. The van der Waals surface area contributed by atoms with Crippen molar-refractivity contribution in [2.45, 2.75) is 23.8 Å². The number of non-ortho nitro benzene ring substituents is 1. The molecule has 0 atom stereocenters. The van der Waals surface area contributed by atoms with Gasteiger partial charge in [0, 0.05) is 42.9 Å². The van der Waals surface area contributed by atoms with Crippen molar-refractivity contribution in [3.63, 3.8) is 0 Å². The Bertz CT molecular complexity index is 1010. The zero-order chi connectivity index (χ0) is 21.2. The van der Waals surface area contributed by atoms with Gasteiger partial charge in [0.1, 0.15) is 11.5 Å². The molecule has 1 amide bonds. The number of phenols is 2. The summed E-state index contributed by atoms with van der Waals surface area (Å²) in [5.41, 5.74) is -0.0909. The van der Waals surface area contributed by atoms with E-state index >= 15 is 0 Å². The predicted molar refractivity (Wildman–Crippen MR) is 102 cm³/mol. The van der Waals surface area contributed by atoms with E-state index in [9.17, 15) is 33.5 Å². The first-order chi connectivity index (χ1) is 13.7. The average molecular weight is 421 g/mol. The third kappa shape index (κ3) is 4.63. The maximum absolute atomic E-state index is 12.7. The topological polar surface area (TPSA) is 150 Å². The Hall–Kier alpha value is -3.18. The summed E-state index contributed by atoms with van der Waals surface area (Å²) < 4.78 is 26.7. The molecule has 0 radical (unpaired) electrons. The molecule has 11 heteroatoms. The molecular weight excluding hydrogens is 402 g/mol. The van der Waals surface area contributed by atoms with Gasteiger partial charge in [0.15, 0.2) is 0 Å². The lowest BCUT2D eigenvalue weighted by atomic mass is 10.1. The summed E-state index contributed by atoms with van der Waals surface area (Å²) >= 11 is 0. The molecule has 3 N–H and O–H groups in total. The largest absolute Gasteiger partial charge is 0.508 e. The molecule has 1 aliphatic rings. The standard InChI is InChI=1S/C18H19N3O7S/c22-15-9-12(10-16(23)11-15)18(24)19-13-5-7-20(8-6-13)29(27,28)17-3-1-14(2-4-17)21(25)26/h1-4,9-11,13,22-23H,5-8H2,(H,19,24). The van der Waals surface area contributed by atoms with Crippen molar-refractivity contribution in [2.75, 3.05) is 13.1 Å². The van der Waals surface area contributed by atoms with Crippen LogP contribution in [0.4, 0.5) is 5.69 Å². The average Bonchev–Trinajstić information content (AvgIpc) is 2.67. The van der Waals surface area contributed by atoms with Crippen LogP contribution < -0.4 is 5.32 Å². The second-order valence-electron chi connectivity index (χ2n) is 6.64. The van der Waals surface area contributed by atoms with Gasteiger partial charge in [-0.15, -0.1) is 0 Å². The van der Waals surface area contributed by atoms with Gasteiger partial charge in [-0.05, 0) is 37.1 Å². The first-order valence-corrected chi connectivity index (χ1v) is 10.2. The number of benzene rings is 2. The molecule has 2 aromatic rings. The lowest BCUT2D eigenvalue weighted by Crippen LogP contribution is -2.46. The minimum absolute atomic E-state index is 0.0270. The number of rotatable bonds is 5. The van der Waals surface area contributed by atoms with E-state index in [2.05, 4.69) is 5.32 Å². The number of phenolic OH excluding ortho intramolecular Hbond substituents is 2. The predicted octanol–water partition coefficient (Wildman–Crippen LogP) is 1.59. The second-order valence-corrected chi connectivity index (χ2v) is 8.58. The van der Waals surface area contributed by atoms with Crippen molar-refractivity contribution in [3.8, 4) is 11.5 Å². The van der Waals surface area contributed by atoms with Crippen LogP contribution in [0.3, 0.4) is 0 Å². The highest BCUT2D eigenvalue weighted by Crippen LogP contribution is 2.24. The Balaban J connectivity index is 1.62. The van der Waals surface area contributed by atoms with Gasteiger partial charge in [0.05, 0.1) is 9.82 Å². The Morgan fingerprint density at radius 2 is 1.62 bits per heavy atom. The molecule has 0 unspecified atom stereocenters. The lowest BCUT2D eigenvalue weighted by molar-refractivity contribution is -0.384. The summed E-state index contributed by atoms with van der Waals surface area (Å²) in [7, 11) is -3.79. The van der Waals surface area contributed by atoms with E-state index in [0.717, 1.165) is 18.2 Å². The number of nitro groups is 1. The molecular formula is C18H19N3O7S. The fourth-order valence-electron chi connectivity index (χ4n) is 3.12. The van der Waals surface area contributed by atoms with E-state index in [-0.39, 0.29) is 46.8 Å². The third-order valence-corrected chi connectivity index (χ3v) is 6.55. The summed E-state index contributed by atoms with van der Waals surface area (Å²) in [6.45, 7) is 0.352. The molecule has 154 valence electrons. The lowest BCUT2D eigenvalue weighted by Gasteiger charge is -2.31. The quantitative estimate of drug-likeness (QED) is 0.490. The van der Waals surface area contributed by atoms with Crippen LogP contribution in [-0.4, -0.2) is 52.9 Å². The fourth-order valence-corrected chi connectivity index (χ4v) is 4.59. The van der Waals surface area contributed by atoms with Gasteiger partial charge in [-0.25, -0.2) is 8.42 Å². The Morgan fingerprint density at radius 1 is 1.07 bits per heavy atom. The van der Waals surface area contributed by atoms with E-state index in [1.165, 1.54) is 28.6 Å². The second kappa shape index (κ2) is 8.05. The number of carbonyl (C=O) groups excluding carboxylic acids is 1. The molecule has 0 bridgehead atoms. The summed E-state index contributed by atoms with van der Waals surface area (Å²) in [5, 5.41) is 32.4. The summed E-state index contributed by atoms with van der Waals surface area (Å²) in [6, 6.07) is 7.99. The van der Waals surface area contributed by atoms with Crippen molar-refractivity contribution in [2.24, 2.45) is 0 Å². The van der Waals surface area contributed by atoms with Crippen molar-refractivity contribution in [3.05, 3.63) is 58.1 Å². The number of sulfonamides is 1. The number of nitrogens with one attached hydrogen (secondary N) is 1. The van der Waals surface area contributed by atoms with Crippen LogP contribution in [0.2, 0.25) is 0 Å². The summed E-state index contributed by atoms with van der Waals surface area (Å²) in [4.78, 5) is 22.4. The zero-order valence-corrected chi connectivity index (χ0v) is 16.0. The molecule has 2 aromatic carbocycles. The molecule has 0 aliphatic carbocycles. The number of hydrogen-bond donors (Lipinski definition) is 3. The van der Waals surface area contributed by atoms with E-state index in [1.807, 2.05) is 0 Å². The highest BCUT2D eigenvalue weighted by Gasteiger charge is 2.30. The Kier molecular flexibility index (Phi) is 5.71. The zero-order valence-electron chi connectivity index (χ0n) is 15.2. The first-order valence-electron chi connectivity index (χ1n) is 8.75. The minimum Gasteiger partial charge on any atom is -0.508 e. The van der Waals surface area contributed by atoms with Gasteiger partial charge >= 0.3 is 0 Å². The molecule has 1 aliphatic heterocycles. The van der Waals surface area contributed by atoms with Crippen molar-refractivity contribution in [1.82, 2.24) is 9.62 Å². The minimum atomic E-state index is -3.79. The smallest absolute Gasteiger partial charge is 0.269 e. The maximum atomic E-state index is 12.7. The van der Waals surface area contributed by atoms with Gasteiger partial charge < -0.3 is 15.5 Å². The number of nitrogens with zero attached hydrogens (tertiary/aromatic N) is 2. The Labute approximate surface area is 166 Å². The molecule has 1 heterocycles. The molecule has 0 spiro atoms. The monoisotopic (exact) mass is 421 g/mol. The van der Waals surface area contributed by atoms with Crippen LogP contribution in [0.5, 0.6) is 11.5 Å². The molecule has 1 saturated heterocycles. The van der Waals surface area contributed by atoms with Crippen LogP contribution in [0.15, 0.2) is 47.4 Å². The molecule has 1 fully saturated rings. The Morgan fingerprint density at radius 3 is 2.14 bits per heavy atom. The number of hydrogen-bond acceptors (Lipinski definition) is 7. The van der Waals surface area contributed by atoms with Crippen LogP contribution in [-0.2, 0) is 10.0 Å². The van der Waals surface area contributed by atoms with Gasteiger partial charge in [0.25, 0.3) is 11.6 Å². The van der Waals surface area contributed by atoms with Crippen molar-refractivity contribution in [1.29, 1.82) is 0 Å². The normalized spacial score (nSPS) is 15.7. The van der Waals surface area contributed by atoms with E-state index in [1.54, 1.807) is 0 Å². The van der Waals surface area contributed by atoms with Gasteiger partial charge in [-0.3, -0.25) is 14.9 Å². The van der Waals surface area contributed by atoms with Crippen molar-refractivity contribution < 1.29 is 28.3 Å². The highest BCUT2D eigenvalue weighted by molar-refractivity contribution is 7.89. The third-order valence-electron chi connectivity index (χ3n) is 4.64.